The number of hydrogen-bond donors (Lipinski definition) is 5. The van der Waals surface area contributed by atoms with Crippen LogP contribution >= 0.6 is 0 Å². The van der Waals surface area contributed by atoms with Gasteiger partial charge in [-0.25, -0.2) is 9.59 Å². The highest BCUT2D eigenvalue weighted by atomic mass is 16.5. The molecule has 0 aliphatic carbocycles. The van der Waals surface area contributed by atoms with E-state index in [1.807, 2.05) is 38.1 Å². The van der Waals surface area contributed by atoms with Gasteiger partial charge in [-0.15, -0.1) is 0 Å². The molecule has 4 amide bonds. The molecule has 5 N–H and O–H groups in total. The summed E-state index contributed by atoms with van der Waals surface area (Å²) in [6, 6.07) is 14.8. The second-order valence-corrected chi connectivity index (χ2v) is 9.48. The van der Waals surface area contributed by atoms with E-state index < -0.39 is 54.5 Å². The average Bonchev–Trinajstić information content (AvgIpc) is 2.90. The van der Waals surface area contributed by atoms with Crippen molar-refractivity contribution >= 4 is 29.8 Å². The zero-order valence-electron chi connectivity index (χ0n) is 22.3. The summed E-state index contributed by atoms with van der Waals surface area (Å²) in [5, 5.41) is 19.2. The maximum Gasteiger partial charge on any atom is 0.408 e. The number of nitrogens with one attached hydrogen (secondary N) is 4. The molecule has 3 unspecified atom stereocenters. The quantitative estimate of drug-likeness (QED) is 0.244. The molecule has 0 saturated heterocycles. The fourth-order valence-corrected chi connectivity index (χ4v) is 3.59. The van der Waals surface area contributed by atoms with Gasteiger partial charge in [0.1, 0.15) is 24.7 Å². The number of amides is 4. The highest BCUT2D eigenvalue weighted by Gasteiger charge is 2.26. The van der Waals surface area contributed by atoms with E-state index in [-0.39, 0.29) is 25.4 Å². The summed E-state index contributed by atoms with van der Waals surface area (Å²) in [5.74, 6) is -3.07. The van der Waals surface area contributed by atoms with Crippen LogP contribution in [0.2, 0.25) is 0 Å². The van der Waals surface area contributed by atoms with Crippen LogP contribution in [0.5, 0.6) is 0 Å². The molecule has 0 fully saturated rings. The van der Waals surface area contributed by atoms with Crippen molar-refractivity contribution in [1.29, 1.82) is 0 Å². The van der Waals surface area contributed by atoms with Gasteiger partial charge in [-0.05, 0) is 30.4 Å². The number of ether oxygens (including phenoxy) is 1. The number of alkyl carbamates (subject to hydrolysis) is 1. The molecule has 0 radical (unpaired) electrons. The van der Waals surface area contributed by atoms with Gasteiger partial charge < -0.3 is 31.1 Å². The van der Waals surface area contributed by atoms with Crippen molar-refractivity contribution in [3.05, 3.63) is 71.8 Å². The van der Waals surface area contributed by atoms with Crippen LogP contribution in [-0.2, 0) is 36.9 Å². The zero-order valence-corrected chi connectivity index (χ0v) is 22.3. The van der Waals surface area contributed by atoms with Crippen molar-refractivity contribution in [2.24, 2.45) is 5.92 Å². The summed E-state index contributed by atoms with van der Waals surface area (Å²) >= 11 is 0. The summed E-state index contributed by atoms with van der Waals surface area (Å²) in [5.41, 5.74) is 1.54. The lowest BCUT2D eigenvalue weighted by Gasteiger charge is -2.22. The number of carboxylic acid groups (broad SMARTS) is 1. The molecule has 0 aliphatic heterocycles. The van der Waals surface area contributed by atoms with Crippen molar-refractivity contribution in [1.82, 2.24) is 21.3 Å². The Morgan fingerprint density at radius 3 is 1.92 bits per heavy atom. The smallest absolute Gasteiger partial charge is 0.408 e. The normalized spacial score (nSPS) is 12.9. The molecule has 210 valence electrons. The van der Waals surface area contributed by atoms with Gasteiger partial charge >= 0.3 is 12.1 Å². The SMILES string of the molecule is CC(C)CC(NC(=O)CNC(=O)C(Cc1ccccc1)NC(=O)C(C)NC(=O)OCc1ccccc1)C(=O)O. The van der Waals surface area contributed by atoms with Crippen molar-refractivity contribution in [2.75, 3.05) is 6.54 Å². The van der Waals surface area contributed by atoms with E-state index in [1.54, 1.807) is 36.4 Å². The Bertz CT molecular complexity index is 1110. The highest BCUT2D eigenvalue weighted by molar-refractivity contribution is 5.93. The van der Waals surface area contributed by atoms with Gasteiger partial charge in [0, 0.05) is 6.42 Å². The van der Waals surface area contributed by atoms with Gasteiger partial charge in [0.05, 0.1) is 6.54 Å². The Balaban J connectivity index is 1.96. The predicted octanol–water partition coefficient (Wildman–Crippen LogP) is 1.76. The van der Waals surface area contributed by atoms with Crippen molar-refractivity contribution in [2.45, 2.75) is 58.3 Å². The van der Waals surface area contributed by atoms with E-state index in [2.05, 4.69) is 21.3 Å². The zero-order chi connectivity index (χ0) is 28.8. The molecule has 0 heterocycles. The standard InChI is InChI=1S/C28H36N4O7/c1-18(2)14-23(27(36)37)31-24(33)16-29-26(35)22(15-20-10-6-4-7-11-20)32-25(34)19(3)30-28(38)39-17-21-12-8-5-9-13-21/h4-13,18-19,22-23H,14-17H2,1-3H3,(H,29,35)(H,30,38)(H,31,33)(H,32,34)(H,36,37). The van der Waals surface area contributed by atoms with Crippen LogP contribution in [0.25, 0.3) is 0 Å². The number of carbonyl (C=O) groups is 5. The molecule has 11 nitrogen and oxygen atoms in total. The molecule has 11 heteroatoms. The van der Waals surface area contributed by atoms with Crippen molar-refractivity contribution in [3.8, 4) is 0 Å². The Morgan fingerprint density at radius 2 is 1.36 bits per heavy atom. The van der Waals surface area contributed by atoms with E-state index in [4.69, 9.17) is 4.74 Å². The number of carbonyl (C=O) groups excluding carboxylic acids is 4. The highest BCUT2D eigenvalue weighted by Crippen LogP contribution is 2.06. The Morgan fingerprint density at radius 1 is 0.769 bits per heavy atom. The fourth-order valence-electron chi connectivity index (χ4n) is 3.59. The molecule has 2 rings (SSSR count). The van der Waals surface area contributed by atoms with Crippen LogP contribution < -0.4 is 21.3 Å². The van der Waals surface area contributed by atoms with Gasteiger partial charge in [0.15, 0.2) is 0 Å². The van der Waals surface area contributed by atoms with E-state index in [1.165, 1.54) is 6.92 Å². The third-order valence-corrected chi connectivity index (χ3v) is 5.62. The molecule has 3 atom stereocenters. The van der Waals surface area contributed by atoms with Gasteiger partial charge in [-0.1, -0.05) is 74.5 Å². The maximum absolute atomic E-state index is 13.0. The second kappa shape index (κ2) is 15.8. The van der Waals surface area contributed by atoms with Crippen LogP contribution in [0.1, 0.15) is 38.3 Å². The number of aliphatic carboxylic acids is 1. The number of hydrogen-bond acceptors (Lipinski definition) is 6. The summed E-state index contributed by atoms with van der Waals surface area (Å²) in [4.78, 5) is 61.6. The van der Waals surface area contributed by atoms with Crippen LogP contribution in [0.3, 0.4) is 0 Å². The monoisotopic (exact) mass is 540 g/mol. The lowest BCUT2D eigenvalue weighted by atomic mass is 10.0. The number of rotatable bonds is 14. The molecular formula is C28H36N4O7. The first-order valence-corrected chi connectivity index (χ1v) is 12.7. The maximum atomic E-state index is 13.0. The summed E-state index contributed by atoms with van der Waals surface area (Å²) in [6.07, 6.45) is -0.437. The minimum absolute atomic E-state index is 0.0298. The van der Waals surface area contributed by atoms with Crippen LogP contribution in [-0.4, -0.2) is 59.6 Å². The predicted molar refractivity (Wildman–Crippen MR) is 143 cm³/mol. The first-order valence-electron chi connectivity index (χ1n) is 12.7. The molecule has 2 aromatic carbocycles. The average molecular weight is 541 g/mol. The molecular weight excluding hydrogens is 504 g/mol. The fraction of sp³-hybridized carbons (Fsp3) is 0.393. The molecule has 0 aliphatic rings. The first kappa shape index (κ1) is 30.8. The van der Waals surface area contributed by atoms with Gasteiger partial charge in [0.2, 0.25) is 17.7 Å². The largest absolute Gasteiger partial charge is 0.480 e. The van der Waals surface area contributed by atoms with Crippen LogP contribution in [0.15, 0.2) is 60.7 Å². The van der Waals surface area contributed by atoms with E-state index >= 15 is 0 Å². The van der Waals surface area contributed by atoms with Crippen LogP contribution in [0, 0.1) is 5.92 Å². The van der Waals surface area contributed by atoms with Crippen molar-refractivity contribution in [3.63, 3.8) is 0 Å². The van der Waals surface area contributed by atoms with Crippen molar-refractivity contribution < 1.29 is 33.8 Å². The number of carboxylic acids is 1. The minimum Gasteiger partial charge on any atom is -0.480 e. The third-order valence-electron chi connectivity index (χ3n) is 5.62. The first-order chi connectivity index (χ1) is 18.5. The van der Waals surface area contributed by atoms with E-state index in [9.17, 15) is 29.1 Å². The summed E-state index contributed by atoms with van der Waals surface area (Å²) < 4.78 is 5.14. The molecule has 39 heavy (non-hydrogen) atoms. The Kier molecular flexibility index (Phi) is 12.4. The van der Waals surface area contributed by atoms with Gasteiger partial charge in [0.25, 0.3) is 0 Å². The minimum atomic E-state index is -1.17. The van der Waals surface area contributed by atoms with E-state index in [0.717, 1.165) is 11.1 Å². The molecule has 0 bridgehead atoms. The lowest BCUT2D eigenvalue weighted by molar-refractivity contribution is -0.142. The molecule has 0 aromatic heterocycles. The van der Waals surface area contributed by atoms with Gasteiger partial charge in [-0.3, -0.25) is 14.4 Å². The Labute approximate surface area is 227 Å². The van der Waals surface area contributed by atoms with Crippen LogP contribution in [0.4, 0.5) is 4.79 Å². The third kappa shape index (κ3) is 11.7. The summed E-state index contributed by atoms with van der Waals surface area (Å²) in [6.45, 7) is 4.67. The molecule has 2 aromatic rings. The topological polar surface area (TPSA) is 163 Å². The van der Waals surface area contributed by atoms with E-state index in [0.29, 0.717) is 0 Å². The molecule has 0 spiro atoms. The number of benzene rings is 2. The summed E-state index contributed by atoms with van der Waals surface area (Å²) in [7, 11) is 0. The lowest BCUT2D eigenvalue weighted by Crippen LogP contribution is -2.55. The second-order valence-electron chi connectivity index (χ2n) is 9.48. The molecule has 0 saturated carbocycles. The Hall–Kier alpha value is -4.41. The van der Waals surface area contributed by atoms with Gasteiger partial charge in [-0.2, -0.15) is 0 Å².